The van der Waals surface area contributed by atoms with Gasteiger partial charge >= 0.3 is 7.52 Å². The number of sulfonamides is 1. The van der Waals surface area contributed by atoms with Crippen molar-refractivity contribution in [3.05, 3.63) is 52.4 Å². The summed E-state index contributed by atoms with van der Waals surface area (Å²) in [5.74, 6) is -0.607. The number of aryl methyl sites for hydroxylation is 1. The predicted molar refractivity (Wildman–Crippen MR) is 132 cm³/mol. The Morgan fingerprint density at radius 3 is 2.59 bits per heavy atom. The molecule has 11 nitrogen and oxygen atoms in total. The van der Waals surface area contributed by atoms with Crippen LogP contribution in [0.1, 0.15) is 32.8 Å². The summed E-state index contributed by atoms with van der Waals surface area (Å²) in [6.45, 7) is 6.49. The zero-order chi connectivity index (χ0) is 25.1. The van der Waals surface area contributed by atoms with E-state index in [0.717, 1.165) is 6.26 Å². The molecule has 1 aliphatic heterocycles. The molecule has 0 spiro atoms. The average molecular weight is 508 g/mol. The summed E-state index contributed by atoms with van der Waals surface area (Å²) in [5.41, 5.74) is -0.244. The van der Waals surface area contributed by atoms with Crippen LogP contribution >= 0.6 is 7.52 Å². The lowest BCUT2D eigenvalue weighted by molar-refractivity contribution is 0.330. The molecule has 1 atom stereocenters. The molecule has 182 valence electrons. The van der Waals surface area contributed by atoms with E-state index in [-0.39, 0.29) is 39.2 Å². The molecule has 13 heteroatoms. The maximum absolute atomic E-state index is 13.5. The number of nitrogens with zero attached hydrogens (tertiary/aromatic N) is 3. The van der Waals surface area contributed by atoms with Crippen LogP contribution in [0.3, 0.4) is 0 Å². The Morgan fingerprint density at radius 1 is 1.24 bits per heavy atom. The fourth-order valence-electron chi connectivity index (χ4n) is 3.70. The molecule has 1 aliphatic rings. The summed E-state index contributed by atoms with van der Waals surface area (Å²) in [5, 5.41) is 13.6. The minimum atomic E-state index is -4.41. The summed E-state index contributed by atoms with van der Waals surface area (Å²) in [6.07, 6.45) is 3.29. The van der Waals surface area contributed by atoms with Crippen molar-refractivity contribution in [2.45, 2.75) is 33.7 Å². The maximum Gasteiger partial charge on any atom is 0.346 e. The highest BCUT2D eigenvalue weighted by Crippen LogP contribution is 2.47. The first-order valence-corrected chi connectivity index (χ1v) is 13.9. The maximum atomic E-state index is 13.5. The van der Waals surface area contributed by atoms with E-state index in [1.54, 1.807) is 22.8 Å². The molecule has 0 radical (unpaired) electrons. The summed E-state index contributed by atoms with van der Waals surface area (Å²) in [6, 6.07) is 7.34. The number of hydrogen-bond donors (Lipinski definition) is 4. The predicted octanol–water partition coefficient (Wildman–Crippen LogP) is 2.30. The van der Waals surface area contributed by atoms with Crippen LogP contribution in [-0.4, -0.2) is 39.7 Å². The first-order valence-electron chi connectivity index (χ1n) is 10.4. The molecule has 1 unspecified atom stereocenters. The molecule has 3 heterocycles. The van der Waals surface area contributed by atoms with Crippen molar-refractivity contribution in [3.63, 3.8) is 0 Å². The van der Waals surface area contributed by atoms with Crippen molar-refractivity contribution in [2.75, 3.05) is 16.3 Å². The van der Waals surface area contributed by atoms with Crippen molar-refractivity contribution >= 4 is 45.6 Å². The average Bonchev–Trinajstić information content (AvgIpc) is 3.16. The number of aromatic hydroxyl groups is 1. The topological polar surface area (TPSA) is 154 Å². The van der Waals surface area contributed by atoms with Crippen molar-refractivity contribution < 1.29 is 23.0 Å². The van der Waals surface area contributed by atoms with Gasteiger partial charge < -0.3 is 15.3 Å². The lowest BCUT2D eigenvalue weighted by Crippen LogP contribution is -2.36. The monoisotopic (exact) mass is 507 g/mol. The van der Waals surface area contributed by atoms with Gasteiger partial charge in [0.15, 0.2) is 11.6 Å². The molecule has 0 aliphatic carbocycles. The Labute approximate surface area is 196 Å². The number of fused-ring (bicyclic) bond motifs is 2. The van der Waals surface area contributed by atoms with Crippen molar-refractivity contribution in [2.24, 2.45) is 10.2 Å². The lowest BCUT2D eigenvalue weighted by atomic mass is 9.92. The van der Waals surface area contributed by atoms with Gasteiger partial charge in [0.25, 0.3) is 5.56 Å². The minimum absolute atomic E-state index is 0.0605. The molecule has 4 rings (SSSR count). The van der Waals surface area contributed by atoms with Crippen molar-refractivity contribution in [1.29, 1.82) is 0 Å². The fourth-order valence-corrected chi connectivity index (χ4v) is 5.54. The molecule has 0 saturated heterocycles. The highest BCUT2D eigenvalue weighted by molar-refractivity contribution is 7.92. The van der Waals surface area contributed by atoms with Crippen LogP contribution in [-0.2, 0) is 21.1 Å². The third-order valence-corrected chi connectivity index (χ3v) is 7.41. The van der Waals surface area contributed by atoms with Gasteiger partial charge in [0.05, 0.1) is 17.2 Å². The smallest absolute Gasteiger partial charge is 0.346 e. The van der Waals surface area contributed by atoms with E-state index in [0.29, 0.717) is 18.5 Å². The molecule has 0 fully saturated rings. The Kier molecular flexibility index (Phi) is 5.66. The Balaban J connectivity index is 1.85. The van der Waals surface area contributed by atoms with E-state index >= 15 is 0 Å². The first-order chi connectivity index (χ1) is 15.7. The van der Waals surface area contributed by atoms with Gasteiger partial charge in [-0.3, -0.25) is 18.6 Å². The van der Waals surface area contributed by atoms with E-state index in [9.17, 15) is 27.8 Å². The number of benzene rings is 1. The first kappa shape index (κ1) is 24.1. The molecule has 0 amide bonds. The summed E-state index contributed by atoms with van der Waals surface area (Å²) in [4.78, 5) is 24.1. The number of nitrogens with one attached hydrogen (secondary N) is 2. The van der Waals surface area contributed by atoms with E-state index in [4.69, 9.17) is 0 Å². The van der Waals surface area contributed by atoms with Gasteiger partial charge in [-0.25, -0.2) is 13.1 Å². The van der Waals surface area contributed by atoms with E-state index in [1.165, 1.54) is 22.9 Å². The largest absolute Gasteiger partial charge is 0.505 e. The second-order valence-electron chi connectivity index (χ2n) is 9.42. The SMILES string of the molecule is CC(C)(C)CCn1c(=O)c(C2=NP(=O)(O)c3cc(NS(C)(=O)=O)ccc3N2)c(O)c2cccn21. The van der Waals surface area contributed by atoms with Crippen LogP contribution < -0.4 is 20.9 Å². The van der Waals surface area contributed by atoms with Gasteiger partial charge in [-0.05, 0) is 42.2 Å². The van der Waals surface area contributed by atoms with Crippen LogP contribution in [0.15, 0.2) is 46.1 Å². The van der Waals surface area contributed by atoms with Gasteiger partial charge in [0.2, 0.25) is 10.0 Å². The third-order valence-electron chi connectivity index (χ3n) is 5.33. The molecule has 2 aromatic heterocycles. The molecule has 0 saturated carbocycles. The molecule has 1 aromatic carbocycles. The minimum Gasteiger partial charge on any atom is -0.505 e. The fraction of sp³-hybridized carbons (Fsp3) is 0.333. The number of rotatable bonds is 5. The quantitative estimate of drug-likeness (QED) is 0.386. The van der Waals surface area contributed by atoms with E-state index in [1.807, 2.05) is 20.8 Å². The second-order valence-corrected chi connectivity index (χ2v) is 12.9. The number of hydrogen-bond acceptors (Lipinski definition) is 6. The normalized spacial score (nSPS) is 18.3. The standard InChI is InChI=1S/C21H26N5O6PS/c1-21(2,3)9-11-26-20(28)17(18(27)15-6-5-10-25(15)26)19-22-14-8-7-13(24-34(4,31)32)12-16(14)33(29,30)23-19/h5-8,10,12,24,27H,9,11H2,1-4H3,(H2,22,23,29,30). The highest BCUT2D eigenvalue weighted by Gasteiger charge is 2.34. The van der Waals surface area contributed by atoms with Crippen LogP contribution in [0.25, 0.3) is 5.52 Å². The summed E-state index contributed by atoms with van der Waals surface area (Å²) >= 11 is 0. The van der Waals surface area contributed by atoms with Gasteiger partial charge in [-0.15, -0.1) is 0 Å². The van der Waals surface area contributed by atoms with Crippen molar-refractivity contribution in [3.8, 4) is 5.75 Å². The molecular weight excluding hydrogens is 481 g/mol. The van der Waals surface area contributed by atoms with E-state index < -0.39 is 23.1 Å². The number of amidine groups is 1. The zero-order valence-electron chi connectivity index (χ0n) is 19.1. The molecule has 4 N–H and O–H groups in total. The van der Waals surface area contributed by atoms with Crippen molar-refractivity contribution in [1.82, 2.24) is 9.20 Å². The van der Waals surface area contributed by atoms with Gasteiger partial charge in [-0.1, -0.05) is 20.8 Å². The summed E-state index contributed by atoms with van der Waals surface area (Å²) in [7, 11) is -8.01. The van der Waals surface area contributed by atoms with Crippen LogP contribution in [0, 0.1) is 5.41 Å². The Morgan fingerprint density at radius 2 is 1.94 bits per heavy atom. The van der Waals surface area contributed by atoms with Gasteiger partial charge in [-0.2, -0.15) is 4.76 Å². The van der Waals surface area contributed by atoms with E-state index in [2.05, 4.69) is 14.8 Å². The van der Waals surface area contributed by atoms with Gasteiger partial charge in [0, 0.05) is 18.4 Å². The molecular formula is C21H26N5O6PS. The number of anilines is 2. The number of aromatic nitrogens is 2. The van der Waals surface area contributed by atoms with Crippen LogP contribution in [0.2, 0.25) is 0 Å². The second kappa shape index (κ2) is 8.00. The lowest BCUT2D eigenvalue weighted by Gasteiger charge is -2.24. The van der Waals surface area contributed by atoms with Crippen LogP contribution in [0.4, 0.5) is 11.4 Å². The third kappa shape index (κ3) is 4.61. The van der Waals surface area contributed by atoms with Crippen LogP contribution in [0.5, 0.6) is 5.75 Å². The molecule has 34 heavy (non-hydrogen) atoms. The Hall–Kier alpha value is -3.08. The van der Waals surface area contributed by atoms with Gasteiger partial charge in [0.1, 0.15) is 11.1 Å². The zero-order valence-corrected chi connectivity index (χ0v) is 20.8. The molecule has 3 aromatic rings. The summed E-state index contributed by atoms with van der Waals surface area (Å²) < 4.78 is 45.3. The molecule has 0 bridgehead atoms. The highest BCUT2D eigenvalue weighted by atomic mass is 32.2. The Bertz CT molecular complexity index is 1550.